The van der Waals surface area contributed by atoms with Gasteiger partial charge in [0.2, 0.25) is 0 Å². The Morgan fingerprint density at radius 1 is 1.16 bits per heavy atom. The summed E-state index contributed by atoms with van der Waals surface area (Å²) in [6.07, 6.45) is -2.35. The van der Waals surface area contributed by atoms with E-state index >= 15 is 0 Å². The molecule has 5 heteroatoms. The molecule has 0 heterocycles. The predicted molar refractivity (Wildman–Crippen MR) is 66.8 cm³/mol. The first-order valence-corrected chi connectivity index (χ1v) is 6.30. The van der Waals surface area contributed by atoms with Crippen molar-refractivity contribution in [1.82, 2.24) is 0 Å². The molecule has 0 bridgehead atoms. The number of alkyl halides is 3. The first-order chi connectivity index (χ1) is 9.01. The number of halogens is 3. The third-order valence-corrected chi connectivity index (χ3v) is 2.79. The molecule has 0 aromatic heterocycles. The van der Waals surface area contributed by atoms with Crippen molar-refractivity contribution in [3.05, 3.63) is 35.9 Å². The van der Waals surface area contributed by atoms with Crippen molar-refractivity contribution in [1.29, 1.82) is 0 Å². The second-order valence-electron chi connectivity index (χ2n) is 4.55. The smallest absolute Gasteiger partial charge is 0.396 e. The summed E-state index contributed by atoms with van der Waals surface area (Å²) in [6.45, 7) is -1.09. The van der Waals surface area contributed by atoms with E-state index in [1.165, 1.54) is 0 Å². The van der Waals surface area contributed by atoms with Crippen LogP contribution in [0, 0.1) is 5.92 Å². The fourth-order valence-corrected chi connectivity index (χ4v) is 1.87. The summed E-state index contributed by atoms with van der Waals surface area (Å²) in [4.78, 5) is 0. The first kappa shape index (κ1) is 16.0. The second kappa shape index (κ2) is 8.17. The molecule has 108 valence electrons. The summed E-state index contributed by atoms with van der Waals surface area (Å²) in [5.74, 6) is 0.0666. The average molecular weight is 276 g/mol. The second-order valence-corrected chi connectivity index (χ2v) is 4.55. The molecule has 1 aromatic rings. The van der Waals surface area contributed by atoms with Crippen LogP contribution in [0.3, 0.4) is 0 Å². The molecule has 19 heavy (non-hydrogen) atoms. The Morgan fingerprint density at radius 3 is 2.42 bits per heavy atom. The zero-order chi connectivity index (χ0) is 14.1. The van der Waals surface area contributed by atoms with Crippen LogP contribution in [0.5, 0.6) is 0 Å². The Balaban J connectivity index is 2.19. The highest BCUT2D eigenvalue weighted by atomic mass is 19.4. The number of ether oxygens (including phenoxy) is 1. The van der Waals surface area contributed by atoms with Gasteiger partial charge in [0.25, 0.3) is 0 Å². The largest absolute Gasteiger partial charge is 0.411 e. The Kier molecular flexibility index (Phi) is 6.87. The standard InChI is InChI=1S/C14H19F3O2/c15-14(16,17)11-19-8-4-7-13(10-18)9-12-5-2-1-3-6-12/h1-3,5-6,13,18H,4,7-11H2. The molecular formula is C14H19F3O2. The van der Waals surface area contributed by atoms with E-state index in [-0.39, 0.29) is 19.1 Å². The average Bonchev–Trinajstić information content (AvgIpc) is 2.37. The lowest BCUT2D eigenvalue weighted by Crippen LogP contribution is -2.18. The Hall–Kier alpha value is -1.07. The lowest BCUT2D eigenvalue weighted by atomic mass is 9.96. The SMILES string of the molecule is OCC(CCCOCC(F)(F)F)Cc1ccccc1. The van der Waals surface area contributed by atoms with Gasteiger partial charge in [0.1, 0.15) is 6.61 Å². The van der Waals surface area contributed by atoms with Crippen LogP contribution in [0.2, 0.25) is 0 Å². The summed E-state index contributed by atoms with van der Waals surface area (Å²) < 4.78 is 40.0. The molecule has 1 unspecified atom stereocenters. The number of benzene rings is 1. The van der Waals surface area contributed by atoms with Crippen LogP contribution < -0.4 is 0 Å². The molecule has 0 aliphatic rings. The summed E-state index contributed by atoms with van der Waals surface area (Å²) in [7, 11) is 0. The van der Waals surface area contributed by atoms with Gasteiger partial charge in [0.15, 0.2) is 0 Å². The number of aliphatic hydroxyl groups is 1. The van der Waals surface area contributed by atoms with Crippen molar-refractivity contribution in [3.63, 3.8) is 0 Å². The lowest BCUT2D eigenvalue weighted by Gasteiger charge is -2.14. The summed E-state index contributed by atoms with van der Waals surface area (Å²) in [6, 6.07) is 9.72. The molecular weight excluding hydrogens is 257 g/mol. The maximum atomic E-state index is 11.8. The monoisotopic (exact) mass is 276 g/mol. The van der Waals surface area contributed by atoms with Gasteiger partial charge in [-0.25, -0.2) is 0 Å². The molecule has 0 spiro atoms. The quantitative estimate of drug-likeness (QED) is 0.739. The Morgan fingerprint density at radius 2 is 1.84 bits per heavy atom. The molecule has 0 aliphatic heterocycles. The minimum Gasteiger partial charge on any atom is -0.396 e. The Labute approximate surface area is 111 Å². The fraction of sp³-hybridized carbons (Fsp3) is 0.571. The van der Waals surface area contributed by atoms with Crippen molar-refractivity contribution in [3.8, 4) is 0 Å². The van der Waals surface area contributed by atoms with Crippen molar-refractivity contribution in [2.45, 2.75) is 25.4 Å². The van der Waals surface area contributed by atoms with E-state index in [1.54, 1.807) is 0 Å². The van der Waals surface area contributed by atoms with E-state index in [0.717, 1.165) is 12.0 Å². The van der Waals surface area contributed by atoms with E-state index < -0.39 is 12.8 Å². The van der Waals surface area contributed by atoms with Crippen LogP contribution in [-0.4, -0.2) is 31.1 Å². The highest BCUT2D eigenvalue weighted by molar-refractivity contribution is 5.15. The number of rotatable bonds is 8. The molecule has 0 aliphatic carbocycles. The van der Waals surface area contributed by atoms with E-state index in [0.29, 0.717) is 12.8 Å². The highest BCUT2D eigenvalue weighted by Crippen LogP contribution is 2.16. The van der Waals surface area contributed by atoms with E-state index in [2.05, 4.69) is 4.74 Å². The number of hydrogen-bond donors (Lipinski definition) is 1. The van der Waals surface area contributed by atoms with Crippen LogP contribution in [0.4, 0.5) is 13.2 Å². The van der Waals surface area contributed by atoms with Gasteiger partial charge in [-0.2, -0.15) is 13.2 Å². The number of hydrogen-bond acceptors (Lipinski definition) is 2. The van der Waals surface area contributed by atoms with Gasteiger partial charge in [0.05, 0.1) is 0 Å². The normalized spacial score (nSPS) is 13.5. The van der Waals surface area contributed by atoms with Crippen molar-refractivity contribution in [2.24, 2.45) is 5.92 Å². The van der Waals surface area contributed by atoms with Gasteiger partial charge in [0, 0.05) is 13.2 Å². The van der Waals surface area contributed by atoms with Gasteiger partial charge in [-0.15, -0.1) is 0 Å². The molecule has 2 nitrogen and oxygen atoms in total. The van der Waals surface area contributed by atoms with Crippen molar-refractivity contribution < 1.29 is 23.0 Å². The van der Waals surface area contributed by atoms with Gasteiger partial charge >= 0.3 is 6.18 Å². The molecule has 1 N–H and O–H groups in total. The zero-order valence-corrected chi connectivity index (χ0v) is 10.7. The van der Waals surface area contributed by atoms with Gasteiger partial charge in [-0.1, -0.05) is 30.3 Å². The van der Waals surface area contributed by atoms with Crippen LogP contribution in [0.25, 0.3) is 0 Å². The molecule has 0 saturated heterocycles. The van der Waals surface area contributed by atoms with Crippen LogP contribution in [-0.2, 0) is 11.2 Å². The highest BCUT2D eigenvalue weighted by Gasteiger charge is 2.27. The minimum atomic E-state index is -4.26. The topological polar surface area (TPSA) is 29.5 Å². The third-order valence-electron chi connectivity index (χ3n) is 2.79. The maximum absolute atomic E-state index is 11.8. The first-order valence-electron chi connectivity index (χ1n) is 6.30. The molecule has 1 atom stereocenters. The maximum Gasteiger partial charge on any atom is 0.411 e. The van der Waals surface area contributed by atoms with Crippen LogP contribution in [0.1, 0.15) is 18.4 Å². The van der Waals surface area contributed by atoms with Crippen LogP contribution >= 0.6 is 0 Å². The van der Waals surface area contributed by atoms with Gasteiger partial charge < -0.3 is 9.84 Å². The van der Waals surface area contributed by atoms with Gasteiger partial charge in [-0.05, 0) is 30.7 Å². The molecule has 0 amide bonds. The molecule has 1 aromatic carbocycles. The fourth-order valence-electron chi connectivity index (χ4n) is 1.87. The molecule has 0 fully saturated rings. The lowest BCUT2D eigenvalue weighted by molar-refractivity contribution is -0.174. The summed E-state index contributed by atoms with van der Waals surface area (Å²) in [5.41, 5.74) is 1.12. The summed E-state index contributed by atoms with van der Waals surface area (Å²) in [5, 5.41) is 9.25. The van der Waals surface area contributed by atoms with Crippen molar-refractivity contribution >= 4 is 0 Å². The molecule has 0 radical (unpaired) electrons. The van der Waals surface area contributed by atoms with Crippen molar-refractivity contribution in [2.75, 3.05) is 19.8 Å². The van der Waals surface area contributed by atoms with E-state index in [1.807, 2.05) is 30.3 Å². The van der Waals surface area contributed by atoms with E-state index in [4.69, 9.17) is 0 Å². The summed E-state index contributed by atoms with van der Waals surface area (Å²) >= 11 is 0. The Bertz CT molecular complexity index is 338. The van der Waals surface area contributed by atoms with Gasteiger partial charge in [-0.3, -0.25) is 0 Å². The third kappa shape index (κ3) is 7.85. The number of aliphatic hydroxyl groups excluding tert-OH is 1. The van der Waals surface area contributed by atoms with Crippen LogP contribution in [0.15, 0.2) is 30.3 Å². The van der Waals surface area contributed by atoms with E-state index in [9.17, 15) is 18.3 Å². The predicted octanol–water partition coefficient (Wildman–Crippen LogP) is 3.20. The molecule has 1 rings (SSSR count). The zero-order valence-electron chi connectivity index (χ0n) is 10.7. The minimum absolute atomic E-state index is 0.0359. The molecule has 0 saturated carbocycles.